The van der Waals surface area contributed by atoms with E-state index in [9.17, 15) is 14.4 Å². The molecule has 0 unspecified atom stereocenters. The average molecular weight is 355 g/mol. The number of ketones is 1. The Labute approximate surface area is 152 Å². The number of anilines is 1. The summed E-state index contributed by atoms with van der Waals surface area (Å²) in [5, 5.41) is 2.56. The zero-order valence-electron chi connectivity index (χ0n) is 15.0. The van der Waals surface area contributed by atoms with Crippen molar-refractivity contribution in [2.24, 2.45) is 0 Å². The van der Waals surface area contributed by atoms with E-state index >= 15 is 0 Å². The summed E-state index contributed by atoms with van der Waals surface area (Å²) in [6.07, 6.45) is 0. The Kier molecular flexibility index (Phi) is 6.49. The third-order valence-electron chi connectivity index (χ3n) is 3.62. The average Bonchev–Trinajstić information content (AvgIpc) is 2.59. The standard InChI is InChI=1S/C20H21NO5/c1-13-8-9-18(14(2)10-13)25-12-20(24)26-11-19(23)21-17-7-5-4-6-16(17)15(3)22/h4-10H,11-12H2,1-3H3,(H,21,23). The number of amides is 1. The number of ether oxygens (including phenoxy) is 2. The van der Waals surface area contributed by atoms with Crippen molar-refractivity contribution >= 4 is 23.3 Å². The minimum atomic E-state index is -0.653. The molecule has 1 amide bonds. The molecule has 136 valence electrons. The van der Waals surface area contributed by atoms with Gasteiger partial charge in [-0.1, -0.05) is 29.8 Å². The predicted octanol–water partition coefficient (Wildman–Crippen LogP) is 3.07. The molecule has 0 heterocycles. The molecule has 2 aromatic rings. The summed E-state index contributed by atoms with van der Waals surface area (Å²) in [5.74, 6) is -0.759. The van der Waals surface area contributed by atoms with Gasteiger partial charge < -0.3 is 14.8 Å². The molecule has 0 spiro atoms. The maximum Gasteiger partial charge on any atom is 0.344 e. The Morgan fingerprint density at radius 3 is 2.42 bits per heavy atom. The monoisotopic (exact) mass is 355 g/mol. The van der Waals surface area contributed by atoms with Crippen LogP contribution in [0.2, 0.25) is 0 Å². The number of esters is 1. The third-order valence-corrected chi connectivity index (χ3v) is 3.62. The molecule has 0 aliphatic rings. The Balaban J connectivity index is 1.82. The lowest BCUT2D eigenvalue weighted by Crippen LogP contribution is -2.24. The van der Waals surface area contributed by atoms with Gasteiger partial charge in [-0.25, -0.2) is 4.79 Å². The van der Waals surface area contributed by atoms with Gasteiger partial charge in [-0.05, 0) is 44.5 Å². The topological polar surface area (TPSA) is 81.7 Å². The van der Waals surface area contributed by atoms with Crippen molar-refractivity contribution < 1.29 is 23.9 Å². The van der Waals surface area contributed by atoms with Crippen LogP contribution in [0.3, 0.4) is 0 Å². The maximum atomic E-state index is 11.9. The SMILES string of the molecule is CC(=O)c1ccccc1NC(=O)COC(=O)COc1ccc(C)cc1C. The van der Waals surface area contributed by atoms with Gasteiger partial charge >= 0.3 is 5.97 Å². The molecule has 0 aliphatic carbocycles. The number of hydrogen-bond acceptors (Lipinski definition) is 5. The van der Waals surface area contributed by atoms with E-state index in [2.05, 4.69) is 5.32 Å². The van der Waals surface area contributed by atoms with Crippen LogP contribution in [-0.2, 0) is 14.3 Å². The maximum absolute atomic E-state index is 11.9. The van der Waals surface area contributed by atoms with Crippen LogP contribution >= 0.6 is 0 Å². The van der Waals surface area contributed by atoms with Crippen LogP contribution in [0.5, 0.6) is 5.75 Å². The highest BCUT2D eigenvalue weighted by Gasteiger charge is 2.12. The molecule has 26 heavy (non-hydrogen) atoms. The number of nitrogens with one attached hydrogen (secondary N) is 1. The summed E-state index contributed by atoms with van der Waals surface area (Å²) in [4.78, 5) is 35.2. The molecule has 0 aliphatic heterocycles. The second kappa shape index (κ2) is 8.80. The molecule has 0 aromatic heterocycles. The molecule has 6 heteroatoms. The van der Waals surface area contributed by atoms with E-state index in [-0.39, 0.29) is 12.4 Å². The van der Waals surface area contributed by atoms with Crippen LogP contribution < -0.4 is 10.1 Å². The lowest BCUT2D eigenvalue weighted by atomic mass is 10.1. The van der Waals surface area contributed by atoms with Crippen molar-refractivity contribution in [3.05, 3.63) is 59.2 Å². The zero-order valence-corrected chi connectivity index (χ0v) is 15.0. The molecule has 0 atom stereocenters. The van der Waals surface area contributed by atoms with Gasteiger partial charge in [-0.15, -0.1) is 0 Å². The predicted molar refractivity (Wildman–Crippen MR) is 97.4 cm³/mol. The normalized spacial score (nSPS) is 10.1. The summed E-state index contributed by atoms with van der Waals surface area (Å²) in [5.41, 5.74) is 2.79. The van der Waals surface area contributed by atoms with Gasteiger partial charge in [0.05, 0.1) is 5.69 Å². The number of carbonyl (C=O) groups excluding carboxylic acids is 3. The molecule has 2 rings (SSSR count). The van der Waals surface area contributed by atoms with Crippen LogP contribution in [0.25, 0.3) is 0 Å². The first-order valence-electron chi connectivity index (χ1n) is 8.12. The lowest BCUT2D eigenvalue weighted by molar-refractivity contribution is -0.149. The number of Topliss-reactive ketones (excluding diaryl/α,β-unsaturated/α-hetero) is 1. The number of hydrogen-bond donors (Lipinski definition) is 1. The fourth-order valence-corrected chi connectivity index (χ4v) is 2.37. The first-order valence-corrected chi connectivity index (χ1v) is 8.12. The molecular weight excluding hydrogens is 334 g/mol. The van der Waals surface area contributed by atoms with Crippen molar-refractivity contribution in [1.82, 2.24) is 0 Å². The highest BCUT2D eigenvalue weighted by atomic mass is 16.6. The molecular formula is C20H21NO5. The van der Waals surface area contributed by atoms with Crippen molar-refractivity contribution in [1.29, 1.82) is 0 Å². The number of para-hydroxylation sites is 1. The Morgan fingerprint density at radius 2 is 1.73 bits per heavy atom. The van der Waals surface area contributed by atoms with Gasteiger partial charge in [0.15, 0.2) is 19.0 Å². The van der Waals surface area contributed by atoms with E-state index in [1.165, 1.54) is 6.92 Å². The lowest BCUT2D eigenvalue weighted by Gasteiger charge is -2.11. The molecule has 0 fully saturated rings. The molecule has 6 nitrogen and oxygen atoms in total. The Bertz CT molecular complexity index is 829. The van der Waals surface area contributed by atoms with Gasteiger partial charge in [-0.2, -0.15) is 0 Å². The summed E-state index contributed by atoms with van der Waals surface area (Å²) in [6, 6.07) is 12.2. The molecule has 0 bridgehead atoms. The van der Waals surface area contributed by atoms with Crippen LogP contribution in [0.4, 0.5) is 5.69 Å². The van der Waals surface area contributed by atoms with E-state index in [1.54, 1.807) is 30.3 Å². The first-order chi connectivity index (χ1) is 12.4. The van der Waals surface area contributed by atoms with Crippen LogP contribution in [0, 0.1) is 13.8 Å². The van der Waals surface area contributed by atoms with Crippen molar-refractivity contribution in [3.63, 3.8) is 0 Å². The number of rotatable bonds is 7. The molecule has 1 N–H and O–H groups in total. The van der Waals surface area contributed by atoms with Crippen LogP contribution in [0.1, 0.15) is 28.4 Å². The summed E-state index contributed by atoms with van der Waals surface area (Å²) < 4.78 is 10.3. The van der Waals surface area contributed by atoms with Gasteiger partial charge in [-0.3, -0.25) is 9.59 Å². The van der Waals surface area contributed by atoms with Crippen molar-refractivity contribution in [3.8, 4) is 5.75 Å². The third kappa shape index (κ3) is 5.44. The van der Waals surface area contributed by atoms with Crippen molar-refractivity contribution in [2.45, 2.75) is 20.8 Å². The quantitative estimate of drug-likeness (QED) is 0.610. The van der Waals surface area contributed by atoms with Gasteiger partial charge in [0.2, 0.25) is 0 Å². The van der Waals surface area contributed by atoms with Crippen LogP contribution in [0.15, 0.2) is 42.5 Å². The number of aryl methyl sites for hydroxylation is 2. The molecule has 0 radical (unpaired) electrons. The summed E-state index contributed by atoms with van der Waals surface area (Å²) in [6.45, 7) is 4.51. The number of carbonyl (C=O) groups is 3. The van der Waals surface area contributed by atoms with E-state index in [0.29, 0.717) is 17.0 Å². The highest BCUT2D eigenvalue weighted by Crippen LogP contribution is 2.18. The Morgan fingerprint density at radius 1 is 1.00 bits per heavy atom. The van der Waals surface area contributed by atoms with Gasteiger partial charge in [0, 0.05) is 5.56 Å². The van der Waals surface area contributed by atoms with E-state index < -0.39 is 18.5 Å². The second-order valence-corrected chi connectivity index (χ2v) is 5.87. The minimum Gasteiger partial charge on any atom is -0.482 e. The summed E-state index contributed by atoms with van der Waals surface area (Å²) in [7, 11) is 0. The molecule has 0 saturated carbocycles. The van der Waals surface area contributed by atoms with Gasteiger partial charge in [0.25, 0.3) is 5.91 Å². The second-order valence-electron chi connectivity index (χ2n) is 5.87. The van der Waals surface area contributed by atoms with Gasteiger partial charge in [0.1, 0.15) is 5.75 Å². The number of benzene rings is 2. The fraction of sp³-hybridized carbons (Fsp3) is 0.250. The zero-order chi connectivity index (χ0) is 19.1. The van der Waals surface area contributed by atoms with E-state index in [4.69, 9.17) is 9.47 Å². The minimum absolute atomic E-state index is 0.167. The van der Waals surface area contributed by atoms with E-state index in [1.807, 2.05) is 26.0 Å². The largest absolute Gasteiger partial charge is 0.482 e. The molecule has 2 aromatic carbocycles. The van der Waals surface area contributed by atoms with Crippen molar-refractivity contribution in [2.75, 3.05) is 18.5 Å². The smallest absolute Gasteiger partial charge is 0.344 e. The van der Waals surface area contributed by atoms with Crippen LogP contribution in [-0.4, -0.2) is 30.9 Å². The Hall–Kier alpha value is -3.15. The highest BCUT2D eigenvalue weighted by molar-refractivity contribution is 6.04. The fourth-order valence-electron chi connectivity index (χ4n) is 2.37. The summed E-state index contributed by atoms with van der Waals surface area (Å²) >= 11 is 0. The van der Waals surface area contributed by atoms with E-state index in [0.717, 1.165) is 11.1 Å². The molecule has 0 saturated heterocycles. The first kappa shape index (κ1) is 19.2.